The minimum absolute atomic E-state index is 0.664. The lowest BCUT2D eigenvalue weighted by Gasteiger charge is -2.33. The van der Waals surface area contributed by atoms with Crippen LogP contribution >= 0.6 is 0 Å². The van der Waals surface area contributed by atoms with Crippen molar-refractivity contribution < 1.29 is 0 Å². The Morgan fingerprint density at radius 2 is 0.765 bits per heavy atom. The number of para-hydroxylation sites is 3. The average Bonchev–Trinajstić information content (AvgIpc) is 3.20. The summed E-state index contributed by atoms with van der Waals surface area (Å²) in [5.74, 6) is 1.44. The van der Waals surface area contributed by atoms with Crippen LogP contribution < -0.4 is 9.80 Å². The molecule has 0 radical (unpaired) electrons. The molecule has 8 rings (SSSR count). The molecule has 0 fully saturated rings. The average molecular weight is 657 g/mol. The van der Waals surface area contributed by atoms with Gasteiger partial charge in [0.05, 0.1) is 17.1 Å². The number of hydrogen-bond donors (Lipinski definition) is 0. The topological polar surface area (TPSA) is 32.3 Å². The molecule has 0 unspecified atom stereocenters. The Kier molecular flexibility index (Phi) is 8.87. The number of aryl methyl sites for hydroxylation is 1. The van der Waals surface area contributed by atoms with Crippen LogP contribution in [0.25, 0.3) is 33.8 Å². The second kappa shape index (κ2) is 14.4. The van der Waals surface area contributed by atoms with Crippen molar-refractivity contribution in [1.29, 1.82) is 0 Å². The Balaban J connectivity index is 1.46. The minimum atomic E-state index is 0.664. The Bertz CT molecular complexity index is 2250. The van der Waals surface area contributed by atoms with Crippen molar-refractivity contribution in [3.8, 4) is 33.8 Å². The minimum Gasteiger partial charge on any atom is -0.310 e. The van der Waals surface area contributed by atoms with Gasteiger partial charge >= 0.3 is 0 Å². The van der Waals surface area contributed by atoms with E-state index in [1.807, 2.05) is 24.3 Å². The molecule has 0 saturated carbocycles. The van der Waals surface area contributed by atoms with Gasteiger partial charge in [0.2, 0.25) is 0 Å². The van der Waals surface area contributed by atoms with E-state index >= 15 is 0 Å². The van der Waals surface area contributed by atoms with Gasteiger partial charge in [-0.2, -0.15) is 0 Å². The molecule has 8 aromatic rings. The molecule has 1 aromatic heterocycles. The summed E-state index contributed by atoms with van der Waals surface area (Å²) in [7, 11) is 0. The third kappa shape index (κ3) is 6.63. The highest BCUT2D eigenvalue weighted by molar-refractivity contribution is 5.99. The van der Waals surface area contributed by atoms with Gasteiger partial charge in [-0.15, -0.1) is 0 Å². The molecular weight excluding hydrogens is 621 g/mol. The summed E-state index contributed by atoms with van der Waals surface area (Å²) in [6.07, 6.45) is 0. The molecule has 244 valence electrons. The SMILES string of the molecule is Cc1cc(N(c2ccccc2)c2ccccc2)c(-c2ccccc2)c(N(c2ccccc2)c2cc(-c3ccccc3)nc(-c3ccccc3)n2)c1. The monoisotopic (exact) mass is 656 g/mol. The second-order valence-electron chi connectivity index (χ2n) is 12.4. The van der Waals surface area contributed by atoms with Gasteiger partial charge in [0.1, 0.15) is 5.82 Å². The third-order valence-corrected chi connectivity index (χ3v) is 8.87. The fourth-order valence-corrected chi connectivity index (χ4v) is 6.58. The Labute approximate surface area is 299 Å². The zero-order valence-electron chi connectivity index (χ0n) is 28.3. The summed E-state index contributed by atoms with van der Waals surface area (Å²) in [6.45, 7) is 2.17. The number of hydrogen-bond acceptors (Lipinski definition) is 4. The number of anilines is 6. The molecule has 0 aliphatic rings. The Morgan fingerprint density at radius 1 is 0.373 bits per heavy atom. The lowest BCUT2D eigenvalue weighted by Crippen LogP contribution is -2.17. The van der Waals surface area contributed by atoms with Crippen LogP contribution in [0, 0.1) is 6.92 Å². The fraction of sp³-hybridized carbons (Fsp3) is 0.0213. The number of nitrogens with zero attached hydrogens (tertiary/aromatic N) is 4. The number of benzene rings is 7. The van der Waals surface area contributed by atoms with Crippen LogP contribution in [0.2, 0.25) is 0 Å². The van der Waals surface area contributed by atoms with Crippen LogP contribution in [0.15, 0.2) is 200 Å². The maximum absolute atomic E-state index is 5.34. The van der Waals surface area contributed by atoms with Crippen LogP contribution in [0.3, 0.4) is 0 Å². The second-order valence-corrected chi connectivity index (χ2v) is 12.4. The molecule has 0 amide bonds. The van der Waals surface area contributed by atoms with Crippen LogP contribution in [-0.2, 0) is 0 Å². The van der Waals surface area contributed by atoms with Gasteiger partial charge in [0, 0.05) is 39.8 Å². The molecule has 0 saturated heterocycles. The van der Waals surface area contributed by atoms with E-state index in [1.165, 1.54) is 0 Å². The molecule has 0 aliphatic carbocycles. The summed E-state index contributed by atoms with van der Waals surface area (Å²) >= 11 is 0. The lowest BCUT2D eigenvalue weighted by atomic mass is 9.96. The standard InChI is InChI=1S/C47H36N4/c1-35-32-43(50(39-26-14-5-15-27-39)40-28-16-6-17-29-40)46(37-22-10-3-11-23-37)44(33-35)51(41-30-18-7-19-31-41)45-34-42(36-20-8-2-9-21-36)48-47(49-45)38-24-12-4-13-25-38/h2-34H,1H3. The molecule has 0 spiro atoms. The maximum atomic E-state index is 5.34. The summed E-state index contributed by atoms with van der Waals surface area (Å²) < 4.78 is 0. The quantitative estimate of drug-likeness (QED) is 0.155. The smallest absolute Gasteiger partial charge is 0.162 e. The van der Waals surface area contributed by atoms with E-state index < -0.39 is 0 Å². The van der Waals surface area contributed by atoms with E-state index in [0.29, 0.717) is 5.82 Å². The number of aromatic nitrogens is 2. The van der Waals surface area contributed by atoms with Crippen LogP contribution in [0.4, 0.5) is 34.3 Å². The molecule has 1 heterocycles. The van der Waals surface area contributed by atoms with E-state index in [9.17, 15) is 0 Å². The predicted octanol–water partition coefficient (Wildman–Crippen LogP) is 12.7. The first-order chi connectivity index (χ1) is 25.2. The first-order valence-corrected chi connectivity index (χ1v) is 17.2. The highest BCUT2D eigenvalue weighted by Crippen LogP contribution is 2.49. The van der Waals surface area contributed by atoms with Crippen LogP contribution in [0.1, 0.15) is 5.56 Å². The van der Waals surface area contributed by atoms with E-state index in [1.54, 1.807) is 0 Å². The highest BCUT2D eigenvalue weighted by Gasteiger charge is 2.26. The van der Waals surface area contributed by atoms with Gasteiger partial charge in [-0.3, -0.25) is 4.90 Å². The fourth-order valence-electron chi connectivity index (χ4n) is 6.58. The van der Waals surface area contributed by atoms with Gasteiger partial charge in [-0.25, -0.2) is 9.97 Å². The molecule has 4 nitrogen and oxygen atoms in total. The van der Waals surface area contributed by atoms with Crippen molar-refractivity contribution in [1.82, 2.24) is 9.97 Å². The first kappa shape index (κ1) is 31.5. The molecule has 51 heavy (non-hydrogen) atoms. The van der Waals surface area contributed by atoms with Gasteiger partial charge in [-0.1, -0.05) is 146 Å². The normalized spacial score (nSPS) is 10.8. The summed E-state index contributed by atoms with van der Waals surface area (Å²) in [6, 6.07) is 69.6. The summed E-state index contributed by atoms with van der Waals surface area (Å²) in [4.78, 5) is 15.1. The van der Waals surface area contributed by atoms with Crippen molar-refractivity contribution in [3.63, 3.8) is 0 Å². The highest BCUT2D eigenvalue weighted by atomic mass is 15.2. The van der Waals surface area contributed by atoms with Gasteiger partial charge in [0.15, 0.2) is 5.82 Å². The Morgan fingerprint density at radius 3 is 1.25 bits per heavy atom. The predicted molar refractivity (Wildman–Crippen MR) is 212 cm³/mol. The zero-order chi connectivity index (χ0) is 34.4. The van der Waals surface area contributed by atoms with E-state index in [4.69, 9.17) is 9.97 Å². The van der Waals surface area contributed by atoms with E-state index in [2.05, 4.69) is 193 Å². The van der Waals surface area contributed by atoms with Crippen molar-refractivity contribution >= 4 is 34.3 Å². The molecule has 0 atom stereocenters. The van der Waals surface area contributed by atoms with E-state index in [-0.39, 0.29) is 0 Å². The van der Waals surface area contributed by atoms with Crippen molar-refractivity contribution in [2.45, 2.75) is 6.92 Å². The lowest BCUT2D eigenvalue weighted by molar-refractivity contribution is 1.12. The van der Waals surface area contributed by atoms with E-state index in [0.717, 1.165) is 67.8 Å². The molecule has 4 heteroatoms. The van der Waals surface area contributed by atoms with Crippen LogP contribution in [-0.4, -0.2) is 9.97 Å². The molecular formula is C47H36N4. The van der Waals surface area contributed by atoms with Gasteiger partial charge < -0.3 is 4.90 Å². The Hall–Kier alpha value is -6.78. The third-order valence-electron chi connectivity index (χ3n) is 8.87. The largest absolute Gasteiger partial charge is 0.310 e. The maximum Gasteiger partial charge on any atom is 0.162 e. The summed E-state index contributed by atoms with van der Waals surface area (Å²) in [5, 5.41) is 0. The van der Waals surface area contributed by atoms with Crippen molar-refractivity contribution in [2.24, 2.45) is 0 Å². The zero-order valence-corrected chi connectivity index (χ0v) is 28.3. The summed E-state index contributed by atoms with van der Waals surface area (Å²) in [5.41, 5.74) is 11.4. The molecule has 7 aromatic carbocycles. The molecule has 0 aliphatic heterocycles. The number of rotatable bonds is 9. The molecule has 0 N–H and O–H groups in total. The van der Waals surface area contributed by atoms with Crippen molar-refractivity contribution in [2.75, 3.05) is 9.80 Å². The first-order valence-electron chi connectivity index (χ1n) is 17.2. The van der Waals surface area contributed by atoms with Gasteiger partial charge in [0.25, 0.3) is 0 Å². The van der Waals surface area contributed by atoms with Crippen molar-refractivity contribution in [3.05, 3.63) is 206 Å². The van der Waals surface area contributed by atoms with Crippen LogP contribution in [0.5, 0.6) is 0 Å². The molecule has 0 bridgehead atoms. The van der Waals surface area contributed by atoms with Gasteiger partial charge in [-0.05, 0) is 66.6 Å².